The molecule has 0 unspecified atom stereocenters. The third kappa shape index (κ3) is 3.35. The zero-order valence-corrected chi connectivity index (χ0v) is 12.1. The van der Waals surface area contributed by atoms with Crippen molar-refractivity contribution in [3.63, 3.8) is 0 Å². The Kier molecular flexibility index (Phi) is 4.58. The molecule has 0 aromatic carbocycles. The van der Waals surface area contributed by atoms with Gasteiger partial charge in [0.1, 0.15) is 0 Å². The Balaban J connectivity index is 1.90. The van der Waals surface area contributed by atoms with Crippen LogP contribution in [0.5, 0.6) is 0 Å². The van der Waals surface area contributed by atoms with E-state index < -0.39 is 0 Å². The van der Waals surface area contributed by atoms with Crippen LogP contribution in [-0.4, -0.2) is 40.1 Å². The summed E-state index contributed by atoms with van der Waals surface area (Å²) in [6, 6.07) is 0.495. The summed E-state index contributed by atoms with van der Waals surface area (Å²) < 4.78 is 0. The molecule has 1 aromatic rings. The molecule has 19 heavy (non-hydrogen) atoms. The molecule has 5 nitrogen and oxygen atoms in total. The molecule has 5 heteroatoms. The topological polar surface area (TPSA) is 61.0 Å². The molecule has 0 saturated carbocycles. The highest BCUT2D eigenvalue weighted by Gasteiger charge is 2.28. The fraction of sp³-hybridized carbons (Fsp3) is 0.714. The Morgan fingerprint density at radius 3 is 3.00 bits per heavy atom. The van der Waals surface area contributed by atoms with Crippen molar-refractivity contribution in [2.45, 2.75) is 46.2 Å². The summed E-state index contributed by atoms with van der Waals surface area (Å²) >= 11 is 0. The molecule has 1 aliphatic rings. The normalized spacial score (nSPS) is 23.6. The molecule has 2 rings (SSSR count). The second-order valence-corrected chi connectivity index (χ2v) is 5.43. The fourth-order valence-electron chi connectivity index (χ4n) is 2.80. The number of aromatic amines is 1. The third-order valence-corrected chi connectivity index (χ3v) is 4.19. The van der Waals surface area contributed by atoms with Crippen LogP contribution in [0.2, 0.25) is 0 Å². The minimum Gasteiger partial charge on any atom is -0.343 e. The van der Waals surface area contributed by atoms with Gasteiger partial charge in [0.05, 0.1) is 6.20 Å². The van der Waals surface area contributed by atoms with E-state index in [-0.39, 0.29) is 5.91 Å². The van der Waals surface area contributed by atoms with Gasteiger partial charge in [0.2, 0.25) is 5.91 Å². The van der Waals surface area contributed by atoms with Crippen molar-refractivity contribution in [2.75, 3.05) is 13.1 Å². The average Bonchev–Trinajstić information content (AvgIpc) is 2.81. The van der Waals surface area contributed by atoms with Crippen LogP contribution in [0, 0.1) is 12.8 Å². The number of piperidine rings is 1. The molecule has 0 bridgehead atoms. The van der Waals surface area contributed by atoms with Gasteiger partial charge in [0, 0.05) is 43.9 Å². The Hall–Kier alpha value is -1.36. The minimum atomic E-state index is 0.197. The van der Waals surface area contributed by atoms with E-state index in [2.05, 4.69) is 22.4 Å². The molecule has 1 fully saturated rings. The minimum absolute atomic E-state index is 0.197. The molecule has 1 aliphatic heterocycles. The third-order valence-electron chi connectivity index (χ3n) is 4.19. The summed E-state index contributed by atoms with van der Waals surface area (Å²) in [5.41, 5.74) is 2.35. The zero-order valence-electron chi connectivity index (χ0n) is 12.1. The van der Waals surface area contributed by atoms with Crippen LogP contribution in [0.1, 0.15) is 37.9 Å². The molecule has 0 radical (unpaired) electrons. The van der Waals surface area contributed by atoms with Gasteiger partial charge in [0.25, 0.3) is 0 Å². The van der Waals surface area contributed by atoms with Gasteiger partial charge in [-0.1, -0.05) is 13.3 Å². The van der Waals surface area contributed by atoms with Gasteiger partial charge >= 0.3 is 0 Å². The zero-order chi connectivity index (χ0) is 13.8. The van der Waals surface area contributed by atoms with Gasteiger partial charge in [-0.05, 0) is 19.3 Å². The van der Waals surface area contributed by atoms with E-state index in [0.717, 1.165) is 38.2 Å². The average molecular weight is 264 g/mol. The first-order chi connectivity index (χ1) is 9.11. The van der Waals surface area contributed by atoms with Crippen LogP contribution in [-0.2, 0) is 11.3 Å². The Bertz CT molecular complexity index is 429. The van der Waals surface area contributed by atoms with Crippen molar-refractivity contribution in [2.24, 2.45) is 5.92 Å². The highest BCUT2D eigenvalue weighted by atomic mass is 16.2. The van der Waals surface area contributed by atoms with Crippen molar-refractivity contribution in [1.29, 1.82) is 0 Å². The number of H-pyrrole nitrogens is 1. The maximum atomic E-state index is 11.4. The van der Waals surface area contributed by atoms with Gasteiger partial charge < -0.3 is 10.2 Å². The summed E-state index contributed by atoms with van der Waals surface area (Å²) in [4.78, 5) is 13.4. The molecule has 106 valence electrons. The number of likely N-dealkylation sites (tertiary alicyclic amines) is 1. The Morgan fingerprint density at radius 1 is 1.63 bits per heavy atom. The molecule has 1 saturated heterocycles. The number of hydrogen-bond donors (Lipinski definition) is 2. The highest BCUT2D eigenvalue weighted by molar-refractivity contribution is 5.73. The number of carbonyl (C=O) groups is 1. The predicted molar refractivity (Wildman–Crippen MR) is 74.6 cm³/mol. The molecule has 0 aliphatic carbocycles. The summed E-state index contributed by atoms with van der Waals surface area (Å²) in [7, 11) is 0. The monoisotopic (exact) mass is 264 g/mol. The number of nitrogens with zero attached hydrogens (tertiary/aromatic N) is 2. The van der Waals surface area contributed by atoms with Crippen molar-refractivity contribution >= 4 is 5.91 Å². The van der Waals surface area contributed by atoms with Crippen molar-refractivity contribution < 1.29 is 4.79 Å². The number of nitrogens with one attached hydrogen (secondary N) is 2. The van der Waals surface area contributed by atoms with Gasteiger partial charge in [0.15, 0.2) is 0 Å². The predicted octanol–water partition coefficient (Wildman–Crippen LogP) is 1.45. The van der Waals surface area contributed by atoms with E-state index in [9.17, 15) is 4.79 Å². The number of aromatic nitrogens is 2. The van der Waals surface area contributed by atoms with E-state index in [1.165, 1.54) is 5.56 Å². The lowest BCUT2D eigenvalue weighted by atomic mass is 9.89. The van der Waals surface area contributed by atoms with E-state index in [1.54, 1.807) is 6.92 Å². The first kappa shape index (κ1) is 14.1. The maximum Gasteiger partial charge on any atom is 0.219 e. The number of rotatable bonds is 4. The fourth-order valence-corrected chi connectivity index (χ4v) is 2.80. The maximum absolute atomic E-state index is 11.4. The van der Waals surface area contributed by atoms with Crippen molar-refractivity contribution in [3.8, 4) is 0 Å². The smallest absolute Gasteiger partial charge is 0.219 e. The number of hydrogen-bond acceptors (Lipinski definition) is 3. The molecule has 2 N–H and O–H groups in total. The van der Waals surface area contributed by atoms with Crippen LogP contribution in [0.15, 0.2) is 6.20 Å². The van der Waals surface area contributed by atoms with E-state index in [1.807, 2.05) is 18.0 Å². The van der Waals surface area contributed by atoms with E-state index in [4.69, 9.17) is 0 Å². The summed E-state index contributed by atoms with van der Waals surface area (Å²) in [6.45, 7) is 8.51. The van der Waals surface area contributed by atoms with Crippen LogP contribution >= 0.6 is 0 Å². The van der Waals surface area contributed by atoms with Gasteiger partial charge in [-0.3, -0.25) is 9.89 Å². The van der Waals surface area contributed by atoms with Crippen molar-refractivity contribution in [3.05, 3.63) is 17.5 Å². The summed E-state index contributed by atoms with van der Waals surface area (Å²) in [5, 5.41) is 10.6. The quantitative estimate of drug-likeness (QED) is 0.865. The largest absolute Gasteiger partial charge is 0.343 e. The second kappa shape index (κ2) is 6.19. The molecule has 1 amide bonds. The second-order valence-electron chi connectivity index (χ2n) is 5.43. The SMILES string of the molecule is CC[C@H]1CN(C(C)=O)CC[C@@H]1NCc1cn[nH]c1C. The number of carbonyl (C=O) groups excluding carboxylic acids is 1. The lowest BCUT2D eigenvalue weighted by Gasteiger charge is -2.38. The lowest BCUT2D eigenvalue weighted by molar-refractivity contribution is -0.131. The number of aryl methyl sites for hydroxylation is 1. The first-order valence-corrected chi connectivity index (χ1v) is 7.09. The van der Waals surface area contributed by atoms with Crippen LogP contribution in [0.25, 0.3) is 0 Å². The lowest BCUT2D eigenvalue weighted by Crippen LogP contribution is -2.50. The first-order valence-electron chi connectivity index (χ1n) is 7.09. The van der Waals surface area contributed by atoms with E-state index >= 15 is 0 Å². The van der Waals surface area contributed by atoms with E-state index in [0.29, 0.717) is 12.0 Å². The standard InChI is InChI=1S/C14H24N4O/c1-4-12-9-18(11(3)19)6-5-14(12)15-7-13-8-16-17-10(13)2/h8,12,14-15H,4-7,9H2,1-3H3,(H,16,17)/t12-,14-/m0/s1. The Morgan fingerprint density at radius 2 is 2.42 bits per heavy atom. The molecular weight excluding hydrogens is 240 g/mol. The van der Waals surface area contributed by atoms with Gasteiger partial charge in [-0.2, -0.15) is 5.10 Å². The van der Waals surface area contributed by atoms with Crippen LogP contribution in [0.3, 0.4) is 0 Å². The van der Waals surface area contributed by atoms with Gasteiger partial charge in [-0.25, -0.2) is 0 Å². The highest BCUT2D eigenvalue weighted by Crippen LogP contribution is 2.21. The van der Waals surface area contributed by atoms with Crippen LogP contribution in [0.4, 0.5) is 0 Å². The molecule has 1 aromatic heterocycles. The summed E-state index contributed by atoms with van der Waals surface area (Å²) in [5.74, 6) is 0.743. The molecule has 0 spiro atoms. The van der Waals surface area contributed by atoms with Crippen molar-refractivity contribution in [1.82, 2.24) is 20.4 Å². The van der Waals surface area contributed by atoms with Crippen LogP contribution < -0.4 is 5.32 Å². The molecule has 2 heterocycles. The number of amides is 1. The molecular formula is C14H24N4O. The summed E-state index contributed by atoms with van der Waals surface area (Å²) in [6.07, 6.45) is 4.02. The Labute approximate surface area is 114 Å². The van der Waals surface area contributed by atoms with Gasteiger partial charge in [-0.15, -0.1) is 0 Å². The molecule has 2 atom stereocenters.